The SMILES string of the molecule is [B]c1cccc([C@@H](C(=O)O)C(C)C)c1. The van der Waals surface area contributed by atoms with Crippen LogP contribution in [0.3, 0.4) is 0 Å². The quantitative estimate of drug-likeness (QED) is 0.726. The second-order valence-corrected chi connectivity index (χ2v) is 3.73. The second-order valence-electron chi connectivity index (χ2n) is 3.73. The van der Waals surface area contributed by atoms with Gasteiger partial charge < -0.3 is 5.11 Å². The van der Waals surface area contributed by atoms with Crippen LogP contribution in [-0.4, -0.2) is 18.9 Å². The van der Waals surface area contributed by atoms with Gasteiger partial charge in [0.05, 0.1) is 5.92 Å². The van der Waals surface area contributed by atoms with Crippen molar-refractivity contribution in [2.75, 3.05) is 0 Å². The van der Waals surface area contributed by atoms with Crippen LogP contribution in [0.5, 0.6) is 0 Å². The molecule has 1 N–H and O–H groups in total. The average Bonchev–Trinajstić information content (AvgIpc) is 2.02. The van der Waals surface area contributed by atoms with Crippen molar-refractivity contribution in [1.29, 1.82) is 0 Å². The van der Waals surface area contributed by atoms with Crippen LogP contribution < -0.4 is 5.46 Å². The molecule has 14 heavy (non-hydrogen) atoms. The molecule has 2 nitrogen and oxygen atoms in total. The minimum atomic E-state index is -0.800. The summed E-state index contributed by atoms with van der Waals surface area (Å²) in [5, 5.41) is 9.05. The maximum Gasteiger partial charge on any atom is 0.311 e. The van der Waals surface area contributed by atoms with E-state index in [0.717, 1.165) is 5.56 Å². The molecule has 1 rings (SSSR count). The van der Waals surface area contributed by atoms with E-state index in [9.17, 15) is 4.79 Å². The summed E-state index contributed by atoms with van der Waals surface area (Å²) >= 11 is 0. The number of aliphatic carboxylic acids is 1. The Hall–Kier alpha value is -1.25. The first-order valence-corrected chi connectivity index (χ1v) is 4.60. The molecule has 72 valence electrons. The van der Waals surface area contributed by atoms with Crippen molar-refractivity contribution < 1.29 is 9.90 Å². The first-order valence-electron chi connectivity index (χ1n) is 4.60. The van der Waals surface area contributed by atoms with Gasteiger partial charge in [0.25, 0.3) is 0 Å². The highest BCUT2D eigenvalue weighted by Crippen LogP contribution is 2.23. The fourth-order valence-corrected chi connectivity index (χ4v) is 1.57. The number of hydrogen-bond donors (Lipinski definition) is 1. The van der Waals surface area contributed by atoms with E-state index < -0.39 is 11.9 Å². The highest BCUT2D eigenvalue weighted by Gasteiger charge is 2.23. The van der Waals surface area contributed by atoms with Gasteiger partial charge in [-0.25, -0.2) is 0 Å². The van der Waals surface area contributed by atoms with Gasteiger partial charge in [0.15, 0.2) is 0 Å². The third kappa shape index (κ3) is 2.38. The Morgan fingerprint density at radius 3 is 2.50 bits per heavy atom. The summed E-state index contributed by atoms with van der Waals surface area (Å²) in [5.74, 6) is -1.21. The molecule has 0 saturated heterocycles. The van der Waals surface area contributed by atoms with Gasteiger partial charge >= 0.3 is 5.97 Å². The average molecular weight is 188 g/mol. The molecule has 0 heterocycles. The zero-order valence-corrected chi connectivity index (χ0v) is 8.40. The molecule has 0 fully saturated rings. The highest BCUT2D eigenvalue weighted by atomic mass is 16.4. The van der Waals surface area contributed by atoms with Gasteiger partial charge in [0.2, 0.25) is 0 Å². The smallest absolute Gasteiger partial charge is 0.311 e. The van der Waals surface area contributed by atoms with Crippen molar-refractivity contribution in [3.05, 3.63) is 29.8 Å². The lowest BCUT2D eigenvalue weighted by Gasteiger charge is -2.16. The van der Waals surface area contributed by atoms with Crippen LogP contribution in [0.1, 0.15) is 25.3 Å². The van der Waals surface area contributed by atoms with Crippen molar-refractivity contribution in [2.45, 2.75) is 19.8 Å². The first-order chi connectivity index (χ1) is 6.52. The predicted octanol–water partition coefficient (Wildman–Crippen LogP) is 1.30. The van der Waals surface area contributed by atoms with Crippen molar-refractivity contribution in [3.8, 4) is 0 Å². The molecule has 3 heteroatoms. The lowest BCUT2D eigenvalue weighted by molar-refractivity contribution is -0.139. The van der Waals surface area contributed by atoms with Gasteiger partial charge in [-0.2, -0.15) is 0 Å². The maximum absolute atomic E-state index is 11.0. The second kappa shape index (κ2) is 4.31. The van der Waals surface area contributed by atoms with E-state index in [1.807, 2.05) is 13.8 Å². The molecule has 0 aliphatic heterocycles. The molecule has 1 aromatic carbocycles. The Labute approximate surface area is 85.4 Å². The van der Waals surface area contributed by atoms with Gasteiger partial charge in [0, 0.05) is 0 Å². The zero-order valence-electron chi connectivity index (χ0n) is 8.40. The Morgan fingerprint density at radius 1 is 1.43 bits per heavy atom. The van der Waals surface area contributed by atoms with Gasteiger partial charge in [-0.15, -0.1) is 0 Å². The Bertz CT molecular complexity index is 334. The number of carboxylic acids is 1. The minimum absolute atomic E-state index is 0.0642. The summed E-state index contributed by atoms with van der Waals surface area (Å²) in [7, 11) is 5.60. The third-order valence-corrected chi connectivity index (χ3v) is 2.20. The zero-order chi connectivity index (χ0) is 10.7. The van der Waals surface area contributed by atoms with Crippen LogP contribution in [-0.2, 0) is 4.79 Å². The van der Waals surface area contributed by atoms with Gasteiger partial charge in [-0.05, 0) is 11.5 Å². The van der Waals surface area contributed by atoms with E-state index in [2.05, 4.69) is 0 Å². The van der Waals surface area contributed by atoms with Crippen LogP contribution in [0.15, 0.2) is 24.3 Å². The van der Waals surface area contributed by atoms with Crippen molar-refractivity contribution in [1.82, 2.24) is 0 Å². The van der Waals surface area contributed by atoms with Gasteiger partial charge in [-0.3, -0.25) is 4.79 Å². The molecule has 0 amide bonds. The van der Waals surface area contributed by atoms with Gasteiger partial charge in [-0.1, -0.05) is 43.6 Å². The molecule has 0 bridgehead atoms. The molecular weight excluding hydrogens is 175 g/mol. The standard InChI is InChI=1S/C11H13BO2/c1-7(2)10(11(13)14)8-4-3-5-9(12)6-8/h3-7,10H,1-2H3,(H,13,14)/t10-/m0/s1. The maximum atomic E-state index is 11.0. The number of rotatable bonds is 3. The summed E-state index contributed by atoms with van der Waals surface area (Å²) in [5.41, 5.74) is 1.38. The van der Waals surface area contributed by atoms with E-state index in [4.69, 9.17) is 13.0 Å². The topological polar surface area (TPSA) is 37.3 Å². The van der Waals surface area contributed by atoms with E-state index in [-0.39, 0.29) is 5.92 Å². The lowest BCUT2D eigenvalue weighted by Crippen LogP contribution is -2.19. The molecule has 1 atom stereocenters. The molecule has 0 spiro atoms. The number of hydrogen-bond acceptors (Lipinski definition) is 1. The predicted molar refractivity (Wildman–Crippen MR) is 57.0 cm³/mol. The van der Waals surface area contributed by atoms with Crippen LogP contribution in [0.25, 0.3) is 0 Å². The van der Waals surface area contributed by atoms with Crippen molar-refractivity contribution >= 4 is 19.3 Å². The third-order valence-electron chi connectivity index (χ3n) is 2.20. The normalized spacial score (nSPS) is 12.8. The summed E-state index contributed by atoms with van der Waals surface area (Å²) in [4.78, 5) is 11.0. The largest absolute Gasteiger partial charge is 0.481 e. The van der Waals surface area contributed by atoms with Crippen molar-refractivity contribution in [2.24, 2.45) is 5.92 Å². The molecule has 2 radical (unpaired) electrons. The molecule has 0 aliphatic rings. The molecule has 1 aromatic rings. The molecular formula is C11H13BO2. The van der Waals surface area contributed by atoms with E-state index >= 15 is 0 Å². The Balaban J connectivity index is 3.05. The summed E-state index contributed by atoms with van der Waals surface area (Å²) < 4.78 is 0. The fraction of sp³-hybridized carbons (Fsp3) is 0.364. The van der Waals surface area contributed by atoms with E-state index in [1.54, 1.807) is 24.3 Å². The summed E-state index contributed by atoms with van der Waals surface area (Å²) in [6, 6.07) is 7.06. The van der Waals surface area contributed by atoms with Crippen LogP contribution in [0.2, 0.25) is 0 Å². The summed E-state index contributed by atoms with van der Waals surface area (Å²) in [6.45, 7) is 3.78. The van der Waals surface area contributed by atoms with Crippen LogP contribution in [0.4, 0.5) is 0 Å². The van der Waals surface area contributed by atoms with Crippen LogP contribution in [0, 0.1) is 5.92 Å². The Kier molecular flexibility index (Phi) is 3.34. The van der Waals surface area contributed by atoms with E-state index in [1.165, 1.54) is 0 Å². The highest BCUT2D eigenvalue weighted by molar-refractivity contribution is 6.32. The first kappa shape index (κ1) is 10.8. The number of carbonyl (C=O) groups is 1. The van der Waals surface area contributed by atoms with E-state index in [0.29, 0.717) is 5.46 Å². The minimum Gasteiger partial charge on any atom is -0.481 e. The van der Waals surface area contributed by atoms with Gasteiger partial charge in [0.1, 0.15) is 7.85 Å². The molecule has 0 aliphatic carbocycles. The Morgan fingerprint density at radius 2 is 2.07 bits per heavy atom. The lowest BCUT2D eigenvalue weighted by atomic mass is 9.85. The van der Waals surface area contributed by atoms with Crippen molar-refractivity contribution in [3.63, 3.8) is 0 Å². The molecule has 0 aromatic heterocycles. The fourth-order valence-electron chi connectivity index (χ4n) is 1.57. The summed E-state index contributed by atoms with van der Waals surface area (Å²) in [6.07, 6.45) is 0. The molecule has 0 unspecified atom stereocenters. The number of benzene rings is 1. The number of carboxylic acid groups (broad SMARTS) is 1. The monoisotopic (exact) mass is 188 g/mol. The molecule has 0 saturated carbocycles. The van der Waals surface area contributed by atoms with Crippen LogP contribution >= 0.6 is 0 Å².